The molecule has 0 atom stereocenters. The van der Waals surface area contributed by atoms with Crippen molar-refractivity contribution in [1.29, 1.82) is 0 Å². The van der Waals surface area contributed by atoms with Gasteiger partial charge in [0.1, 0.15) is 11.6 Å². The minimum atomic E-state index is -0.374. The Balaban J connectivity index is 5.36. The van der Waals surface area contributed by atoms with E-state index in [9.17, 15) is 9.59 Å². The van der Waals surface area contributed by atoms with Gasteiger partial charge in [0.25, 0.3) is 0 Å². The molecule has 0 amide bonds. The molecule has 3 nitrogen and oxygen atoms in total. The van der Waals surface area contributed by atoms with Crippen LogP contribution < -0.4 is 0 Å². The summed E-state index contributed by atoms with van der Waals surface area (Å²) in [6.07, 6.45) is 1.87. The third kappa shape index (κ3) is 8.10. The Morgan fingerprint density at radius 2 is 1.43 bits per heavy atom. The van der Waals surface area contributed by atoms with Crippen molar-refractivity contribution in [2.45, 2.75) is 87.6 Å². The third-order valence-electron chi connectivity index (χ3n) is 4.68. The van der Waals surface area contributed by atoms with Crippen molar-refractivity contribution >= 4 is 11.6 Å². The summed E-state index contributed by atoms with van der Waals surface area (Å²) in [7, 11) is 0. The summed E-state index contributed by atoms with van der Waals surface area (Å²) in [5.74, 6) is 1.01. The molecule has 0 spiro atoms. The second-order valence-corrected chi connectivity index (χ2v) is 9.75. The van der Waals surface area contributed by atoms with E-state index in [0.29, 0.717) is 12.5 Å². The molecule has 0 rings (SSSR count). The first-order chi connectivity index (χ1) is 10.1. The average molecular weight is 326 g/mol. The fraction of sp³-hybridized carbons (Fsp3) is 0.900. The van der Waals surface area contributed by atoms with E-state index < -0.39 is 0 Å². The number of ketones is 2. The minimum Gasteiger partial charge on any atom is -0.299 e. The monoisotopic (exact) mass is 325 g/mol. The van der Waals surface area contributed by atoms with Crippen LogP contribution in [0.3, 0.4) is 0 Å². The largest absolute Gasteiger partial charge is 0.299 e. The summed E-state index contributed by atoms with van der Waals surface area (Å²) in [6, 6.07) is 0. The standard InChI is InChI=1S/C20H39NO2/c1-15(2)11-18(5,6)14-21(12-16(3)22)20(9,10)13-19(7,8)17(4)23/h15H,11-14H2,1-10H3. The molecule has 0 aromatic rings. The van der Waals surface area contributed by atoms with Crippen LogP contribution in [0.1, 0.15) is 82.1 Å². The van der Waals surface area contributed by atoms with Crippen molar-refractivity contribution in [3.63, 3.8) is 0 Å². The van der Waals surface area contributed by atoms with Crippen LogP contribution in [0.2, 0.25) is 0 Å². The van der Waals surface area contributed by atoms with Crippen molar-refractivity contribution in [3.05, 3.63) is 0 Å². The van der Waals surface area contributed by atoms with Crippen LogP contribution >= 0.6 is 0 Å². The van der Waals surface area contributed by atoms with E-state index in [4.69, 9.17) is 0 Å². The van der Waals surface area contributed by atoms with Gasteiger partial charge in [-0.25, -0.2) is 0 Å². The van der Waals surface area contributed by atoms with Crippen molar-refractivity contribution in [2.75, 3.05) is 13.1 Å². The number of carbonyl (C=O) groups is 2. The van der Waals surface area contributed by atoms with Crippen molar-refractivity contribution in [1.82, 2.24) is 4.90 Å². The van der Waals surface area contributed by atoms with E-state index in [1.165, 1.54) is 0 Å². The van der Waals surface area contributed by atoms with Gasteiger partial charge in [-0.1, -0.05) is 41.5 Å². The molecule has 3 heteroatoms. The van der Waals surface area contributed by atoms with Gasteiger partial charge < -0.3 is 0 Å². The maximum Gasteiger partial charge on any atom is 0.143 e. The molecule has 0 fully saturated rings. The number of hydrogen-bond donors (Lipinski definition) is 0. The predicted molar refractivity (Wildman–Crippen MR) is 98.6 cm³/mol. The lowest BCUT2D eigenvalue weighted by Gasteiger charge is -2.46. The number of rotatable bonds is 10. The fourth-order valence-corrected chi connectivity index (χ4v) is 3.76. The van der Waals surface area contributed by atoms with Gasteiger partial charge in [-0.2, -0.15) is 0 Å². The Hall–Kier alpha value is -0.700. The van der Waals surface area contributed by atoms with E-state index in [1.54, 1.807) is 13.8 Å². The molecule has 0 aromatic carbocycles. The van der Waals surface area contributed by atoms with E-state index in [2.05, 4.69) is 46.4 Å². The van der Waals surface area contributed by atoms with E-state index in [-0.39, 0.29) is 27.9 Å². The Kier molecular flexibility index (Phi) is 7.67. The molecule has 0 unspecified atom stereocenters. The molecule has 0 saturated heterocycles. The average Bonchev–Trinajstić information content (AvgIpc) is 2.23. The summed E-state index contributed by atoms with van der Waals surface area (Å²) in [5, 5.41) is 0. The molecular formula is C20H39NO2. The third-order valence-corrected chi connectivity index (χ3v) is 4.68. The van der Waals surface area contributed by atoms with Gasteiger partial charge in [0.15, 0.2) is 0 Å². The lowest BCUT2D eigenvalue weighted by molar-refractivity contribution is -0.127. The molecule has 0 aliphatic heterocycles. The SMILES string of the molecule is CC(=O)CN(CC(C)(C)CC(C)C)C(C)(C)CC(C)(C)C(C)=O. The predicted octanol–water partition coefficient (Wildman–Crippen LogP) is 4.73. The lowest BCUT2D eigenvalue weighted by Crippen LogP contribution is -2.52. The summed E-state index contributed by atoms with van der Waals surface area (Å²) in [6.45, 7) is 22.0. The first kappa shape index (κ1) is 22.3. The lowest BCUT2D eigenvalue weighted by atomic mass is 9.75. The molecule has 136 valence electrons. The Morgan fingerprint density at radius 3 is 1.78 bits per heavy atom. The smallest absolute Gasteiger partial charge is 0.143 e. The van der Waals surface area contributed by atoms with Gasteiger partial charge in [0.05, 0.1) is 6.54 Å². The first-order valence-corrected chi connectivity index (χ1v) is 8.85. The molecule has 0 heterocycles. The second-order valence-electron chi connectivity index (χ2n) is 9.75. The molecule has 0 aliphatic rings. The van der Waals surface area contributed by atoms with Gasteiger partial charge >= 0.3 is 0 Å². The van der Waals surface area contributed by atoms with Crippen LogP contribution in [0.15, 0.2) is 0 Å². The highest BCUT2D eigenvalue weighted by Crippen LogP contribution is 2.35. The normalized spacial score (nSPS) is 13.7. The zero-order chi connectivity index (χ0) is 18.6. The van der Waals surface area contributed by atoms with Crippen LogP contribution in [-0.2, 0) is 9.59 Å². The second kappa shape index (κ2) is 7.92. The van der Waals surface area contributed by atoms with Gasteiger partial charge in [-0.15, -0.1) is 0 Å². The Bertz CT molecular complexity index is 419. The van der Waals surface area contributed by atoms with Gasteiger partial charge in [0.2, 0.25) is 0 Å². The first-order valence-electron chi connectivity index (χ1n) is 8.85. The molecule has 0 N–H and O–H groups in total. The quantitative estimate of drug-likeness (QED) is 0.582. The van der Waals surface area contributed by atoms with Crippen LogP contribution in [0.25, 0.3) is 0 Å². The maximum absolute atomic E-state index is 11.9. The summed E-state index contributed by atoms with van der Waals surface area (Å²) in [4.78, 5) is 26.0. The molecule has 0 aromatic heterocycles. The number of Topliss-reactive ketones (excluding diaryl/α,β-unsaturated/α-hetero) is 2. The van der Waals surface area contributed by atoms with Crippen molar-refractivity contribution in [2.24, 2.45) is 16.7 Å². The van der Waals surface area contributed by atoms with Gasteiger partial charge in [0, 0.05) is 17.5 Å². The maximum atomic E-state index is 11.9. The minimum absolute atomic E-state index is 0.140. The molecule has 23 heavy (non-hydrogen) atoms. The van der Waals surface area contributed by atoms with Gasteiger partial charge in [-0.05, 0) is 51.9 Å². The van der Waals surface area contributed by atoms with Crippen LogP contribution in [0.4, 0.5) is 0 Å². The zero-order valence-corrected chi connectivity index (χ0v) is 17.2. The summed E-state index contributed by atoms with van der Waals surface area (Å²) < 4.78 is 0. The molecule has 0 saturated carbocycles. The number of hydrogen-bond acceptors (Lipinski definition) is 3. The molecular weight excluding hydrogens is 286 g/mol. The Morgan fingerprint density at radius 1 is 0.957 bits per heavy atom. The van der Waals surface area contributed by atoms with E-state index in [0.717, 1.165) is 19.4 Å². The van der Waals surface area contributed by atoms with E-state index >= 15 is 0 Å². The fourth-order valence-electron chi connectivity index (χ4n) is 3.76. The number of nitrogens with zero attached hydrogens (tertiary/aromatic N) is 1. The van der Waals surface area contributed by atoms with Crippen LogP contribution in [-0.4, -0.2) is 35.1 Å². The Labute approximate surface area is 144 Å². The zero-order valence-electron chi connectivity index (χ0n) is 17.2. The van der Waals surface area contributed by atoms with Crippen LogP contribution in [0.5, 0.6) is 0 Å². The topological polar surface area (TPSA) is 37.4 Å². The molecule has 0 aliphatic carbocycles. The highest BCUT2D eigenvalue weighted by molar-refractivity contribution is 5.81. The van der Waals surface area contributed by atoms with Gasteiger partial charge in [-0.3, -0.25) is 14.5 Å². The highest BCUT2D eigenvalue weighted by atomic mass is 16.1. The van der Waals surface area contributed by atoms with E-state index in [1.807, 2.05) is 13.8 Å². The van der Waals surface area contributed by atoms with Crippen molar-refractivity contribution in [3.8, 4) is 0 Å². The van der Waals surface area contributed by atoms with Crippen LogP contribution in [0, 0.1) is 16.7 Å². The number of carbonyl (C=O) groups excluding carboxylic acids is 2. The molecule has 0 radical (unpaired) electrons. The summed E-state index contributed by atoms with van der Waals surface area (Å²) in [5.41, 5.74) is -0.433. The highest BCUT2D eigenvalue weighted by Gasteiger charge is 2.38. The van der Waals surface area contributed by atoms with Crippen molar-refractivity contribution < 1.29 is 9.59 Å². The molecule has 0 bridgehead atoms. The summed E-state index contributed by atoms with van der Waals surface area (Å²) >= 11 is 0.